The van der Waals surface area contributed by atoms with Gasteiger partial charge in [-0.05, 0) is 41.8 Å². The predicted octanol–water partition coefficient (Wildman–Crippen LogP) is 3.35. The molecule has 0 saturated carbocycles. The van der Waals surface area contributed by atoms with E-state index in [-0.39, 0.29) is 18.5 Å². The maximum Gasteiger partial charge on any atom is 0.338 e. The van der Waals surface area contributed by atoms with Crippen molar-refractivity contribution in [2.24, 2.45) is 0 Å². The summed E-state index contributed by atoms with van der Waals surface area (Å²) in [6, 6.07) is 13.9. The van der Waals surface area contributed by atoms with Gasteiger partial charge in [0.2, 0.25) is 0 Å². The lowest BCUT2D eigenvalue weighted by atomic mass is 10.0. The first kappa shape index (κ1) is 20.2. The Kier molecular flexibility index (Phi) is 7.55. The SMILES string of the molecule is CCCCNC(=O)COC(=O)c1ccc(-c2ccc(OC(C)=O)cc2)cc1. The number of benzene rings is 2. The van der Waals surface area contributed by atoms with Gasteiger partial charge in [-0.2, -0.15) is 0 Å². The summed E-state index contributed by atoms with van der Waals surface area (Å²) < 4.78 is 10.0. The van der Waals surface area contributed by atoms with Gasteiger partial charge >= 0.3 is 11.9 Å². The van der Waals surface area contributed by atoms with Crippen molar-refractivity contribution in [3.05, 3.63) is 54.1 Å². The zero-order valence-electron chi connectivity index (χ0n) is 15.5. The highest BCUT2D eigenvalue weighted by atomic mass is 16.5. The van der Waals surface area contributed by atoms with Gasteiger partial charge in [-0.3, -0.25) is 9.59 Å². The number of unbranched alkanes of at least 4 members (excludes halogenated alkanes) is 1. The van der Waals surface area contributed by atoms with Crippen LogP contribution in [0.25, 0.3) is 11.1 Å². The third-order valence-electron chi connectivity index (χ3n) is 3.76. The van der Waals surface area contributed by atoms with E-state index >= 15 is 0 Å². The molecular formula is C21H23NO5. The number of hydrogen-bond donors (Lipinski definition) is 1. The van der Waals surface area contributed by atoms with Crippen LogP contribution in [0.1, 0.15) is 37.0 Å². The fourth-order valence-electron chi connectivity index (χ4n) is 2.35. The number of rotatable bonds is 8. The lowest BCUT2D eigenvalue weighted by Crippen LogP contribution is -2.29. The van der Waals surface area contributed by atoms with E-state index < -0.39 is 5.97 Å². The van der Waals surface area contributed by atoms with Crippen molar-refractivity contribution < 1.29 is 23.9 Å². The molecule has 142 valence electrons. The van der Waals surface area contributed by atoms with E-state index in [9.17, 15) is 14.4 Å². The molecule has 0 aliphatic carbocycles. The molecule has 2 aromatic carbocycles. The fourth-order valence-corrected chi connectivity index (χ4v) is 2.35. The Morgan fingerprint density at radius 1 is 0.926 bits per heavy atom. The largest absolute Gasteiger partial charge is 0.452 e. The van der Waals surface area contributed by atoms with Crippen LogP contribution in [-0.4, -0.2) is 31.0 Å². The first-order valence-electron chi connectivity index (χ1n) is 8.82. The number of hydrogen-bond acceptors (Lipinski definition) is 5. The van der Waals surface area contributed by atoms with Crippen molar-refractivity contribution in [1.82, 2.24) is 5.32 Å². The molecule has 2 aromatic rings. The van der Waals surface area contributed by atoms with Crippen LogP contribution >= 0.6 is 0 Å². The Morgan fingerprint density at radius 3 is 2.07 bits per heavy atom. The van der Waals surface area contributed by atoms with Crippen molar-refractivity contribution in [1.29, 1.82) is 0 Å². The molecule has 0 saturated heterocycles. The number of esters is 2. The first-order valence-corrected chi connectivity index (χ1v) is 8.82. The minimum Gasteiger partial charge on any atom is -0.452 e. The van der Waals surface area contributed by atoms with Crippen LogP contribution in [0.3, 0.4) is 0 Å². The summed E-state index contributed by atoms with van der Waals surface area (Å²) in [6.07, 6.45) is 1.88. The normalized spacial score (nSPS) is 10.1. The average molecular weight is 369 g/mol. The molecule has 0 radical (unpaired) electrons. The molecule has 0 aliphatic heterocycles. The van der Waals surface area contributed by atoms with Crippen LogP contribution in [0.2, 0.25) is 0 Å². The smallest absolute Gasteiger partial charge is 0.338 e. The predicted molar refractivity (Wildman–Crippen MR) is 101 cm³/mol. The highest BCUT2D eigenvalue weighted by Crippen LogP contribution is 2.23. The maximum absolute atomic E-state index is 12.0. The topological polar surface area (TPSA) is 81.7 Å². The van der Waals surface area contributed by atoms with Gasteiger partial charge in [0, 0.05) is 13.5 Å². The Hall–Kier alpha value is -3.15. The molecule has 0 fully saturated rings. The molecule has 2 rings (SSSR count). The fraction of sp³-hybridized carbons (Fsp3) is 0.286. The van der Waals surface area contributed by atoms with Crippen LogP contribution in [-0.2, 0) is 14.3 Å². The quantitative estimate of drug-likeness (QED) is 0.438. The van der Waals surface area contributed by atoms with E-state index in [1.165, 1.54) is 6.92 Å². The Bertz CT molecular complexity index is 781. The van der Waals surface area contributed by atoms with Crippen molar-refractivity contribution in [2.75, 3.05) is 13.2 Å². The van der Waals surface area contributed by atoms with Crippen LogP contribution < -0.4 is 10.1 Å². The summed E-state index contributed by atoms with van der Waals surface area (Å²) in [5, 5.41) is 2.69. The number of ether oxygens (including phenoxy) is 2. The summed E-state index contributed by atoms with van der Waals surface area (Å²) >= 11 is 0. The summed E-state index contributed by atoms with van der Waals surface area (Å²) in [6.45, 7) is 3.67. The van der Waals surface area contributed by atoms with E-state index in [1.54, 1.807) is 36.4 Å². The molecule has 1 N–H and O–H groups in total. The molecule has 0 unspecified atom stereocenters. The van der Waals surface area contributed by atoms with Gasteiger partial charge in [-0.25, -0.2) is 4.79 Å². The Balaban J connectivity index is 1.91. The highest BCUT2D eigenvalue weighted by molar-refractivity contribution is 5.91. The van der Waals surface area contributed by atoms with E-state index in [0.29, 0.717) is 17.9 Å². The Morgan fingerprint density at radius 2 is 1.52 bits per heavy atom. The monoisotopic (exact) mass is 369 g/mol. The van der Waals surface area contributed by atoms with Crippen molar-refractivity contribution >= 4 is 17.8 Å². The van der Waals surface area contributed by atoms with E-state index in [0.717, 1.165) is 24.0 Å². The maximum atomic E-state index is 12.0. The molecule has 0 bridgehead atoms. The summed E-state index contributed by atoms with van der Waals surface area (Å²) in [4.78, 5) is 34.5. The average Bonchev–Trinajstić information content (AvgIpc) is 2.66. The van der Waals surface area contributed by atoms with Gasteiger partial charge in [-0.15, -0.1) is 0 Å². The van der Waals surface area contributed by atoms with Crippen LogP contribution in [0.4, 0.5) is 0 Å². The lowest BCUT2D eigenvalue weighted by Gasteiger charge is -2.07. The lowest BCUT2D eigenvalue weighted by molar-refractivity contribution is -0.131. The number of nitrogens with one attached hydrogen (secondary N) is 1. The molecule has 0 heterocycles. The molecule has 1 amide bonds. The van der Waals surface area contributed by atoms with Gasteiger partial charge in [0.15, 0.2) is 6.61 Å². The van der Waals surface area contributed by atoms with Crippen LogP contribution in [0.5, 0.6) is 5.75 Å². The molecular weight excluding hydrogens is 346 g/mol. The van der Waals surface area contributed by atoms with Crippen molar-refractivity contribution in [2.45, 2.75) is 26.7 Å². The zero-order valence-corrected chi connectivity index (χ0v) is 15.5. The Labute approximate surface area is 158 Å². The second-order valence-corrected chi connectivity index (χ2v) is 5.98. The molecule has 6 heteroatoms. The van der Waals surface area contributed by atoms with Crippen molar-refractivity contribution in [3.8, 4) is 16.9 Å². The van der Waals surface area contributed by atoms with Crippen LogP contribution in [0, 0.1) is 0 Å². The molecule has 0 atom stereocenters. The number of amides is 1. The molecule has 0 aliphatic rings. The molecule has 0 aromatic heterocycles. The zero-order chi connectivity index (χ0) is 19.6. The first-order chi connectivity index (χ1) is 13.0. The van der Waals surface area contributed by atoms with Gasteiger partial charge in [0.25, 0.3) is 5.91 Å². The second-order valence-electron chi connectivity index (χ2n) is 5.98. The van der Waals surface area contributed by atoms with Gasteiger partial charge in [0.1, 0.15) is 5.75 Å². The summed E-state index contributed by atoms with van der Waals surface area (Å²) in [5.41, 5.74) is 2.19. The number of carbonyl (C=O) groups excluding carboxylic acids is 3. The molecule has 27 heavy (non-hydrogen) atoms. The second kappa shape index (κ2) is 10.1. The minimum atomic E-state index is -0.544. The van der Waals surface area contributed by atoms with Gasteiger partial charge in [-0.1, -0.05) is 37.6 Å². The van der Waals surface area contributed by atoms with Crippen molar-refractivity contribution in [3.63, 3.8) is 0 Å². The van der Waals surface area contributed by atoms with E-state index in [2.05, 4.69) is 5.32 Å². The standard InChI is InChI=1S/C21H23NO5/c1-3-4-13-22-20(24)14-26-21(25)18-7-5-16(6-8-18)17-9-11-19(12-10-17)27-15(2)23/h5-12H,3-4,13-14H2,1-2H3,(H,22,24). The minimum absolute atomic E-state index is 0.290. The summed E-state index contributed by atoms with van der Waals surface area (Å²) in [5.74, 6) is -0.744. The van der Waals surface area contributed by atoms with E-state index in [4.69, 9.17) is 9.47 Å². The highest BCUT2D eigenvalue weighted by Gasteiger charge is 2.10. The third-order valence-corrected chi connectivity index (χ3v) is 3.76. The van der Waals surface area contributed by atoms with Gasteiger partial charge < -0.3 is 14.8 Å². The third kappa shape index (κ3) is 6.58. The van der Waals surface area contributed by atoms with E-state index in [1.807, 2.05) is 19.1 Å². The van der Waals surface area contributed by atoms with Gasteiger partial charge in [0.05, 0.1) is 5.56 Å². The summed E-state index contributed by atoms with van der Waals surface area (Å²) in [7, 11) is 0. The van der Waals surface area contributed by atoms with Crippen LogP contribution in [0.15, 0.2) is 48.5 Å². The molecule has 0 spiro atoms. The molecule has 6 nitrogen and oxygen atoms in total. The number of carbonyl (C=O) groups is 3.